The van der Waals surface area contributed by atoms with Gasteiger partial charge in [-0.2, -0.15) is 0 Å². The Bertz CT molecular complexity index is 989. The molecule has 2 aliphatic rings. The van der Waals surface area contributed by atoms with Crippen LogP contribution in [-0.2, 0) is 21.5 Å². The van der Waals surface area contributed by atoms with Crippen molar-refractivity contribution < 1.29 is 14.4 Å². The number of fused-ring (bicyclic) bond motifs is 1. The lowest BCUT2D eigenvalue weighted by Crippen LogP contribution is -2.46. The first-order valence-electron chi connectivity index (χ1n) is 11.0. The fourth-order valence-corrected chi connectivity index (χ4v) is 4.84. The quantitative estimate of drug-likeness (QED) is 0.701. The van der Waals surface area contributed by atoms with Gasteiger partial charge in [0.25, 0.3) is 5.91 Å². The van der Waals surface area contributed by atoms with E-state index in [9.17, 15) is 14.4 Å². The van der Waals surface area contributed by atoms with Crippen LogP contribution in [0.4, 0.5) is 4.79 Å². The highest BCUT2D eigenvalue weighted by atomic mass is 16.2. The molecule has 0 saturated carbocycles. The van der Waals surface area contributed by atoms with Crippen LogP contribution in [0, 0.1) is 5.92 Å². The zero-order valence-electron chi connectivity index (χ0n) is 18.1. The van der Waals surface area contributed by atoms with E-state index < -0.39 is 11.6 Å². The lowest BCUT2D eigenvalue weighted by molar-refractivity contribution is -0.136. The van der Waals surface area contributed by atoms with Crippen molar-refractivity contribution in [1.82, 2.24) is 15.5 Å². The molecule has 2 atom stereocenters. The zero-order chi connectivity index (χ0) is 22.0. The van der Waals surface area contributed by atoms with Crippen LogP contribution in [0.3, 0.4) is 0 Å². The van der Waals surface area contributed by atoms with Crippen LogP contribution >= 0.6 is 0 Å². The normalized spacial score (nSPS) is 22.9. The van der Waals surface area contributed by atoms with Crippen molar-refractivity contribution in [2.45, 2.75) is 51.1 Å². The standard InChI is InChI=1S/C25H29N3O3/c1-17(2)15-25(19-11-4-3-5-12-19)23(30)28(24(31)27-25)16-22(29)26-21-14-8-10-18-9-6-7-13-20(18)21/h3-7,9,11-13,17,21H,8,10,14-16H2,1-2H3,(H,26,29)(H,27,31). The molecule has 2 N–H and O–H groups in total. The SMILES string of the molecule is CC(C)CC1(c2ccccc2)NC(=O)N(CC(=O)NC2CCCc3ccccc32)C1=O. The number of rotatable bonds is 6. The summed E-state index contributed by atoms with van der Waals surface area (Å²) >= 11 is 0. The van der Waals surface area contributed by atoms with Crippen LogP contribution in [-0.4, -0.2) is 29.3 Å². The number of aryl methyl sites for hydroxylation is 1. The number of urea groups is 1. The fraction of sp³-hybridized carbons (Fsp3) is 0.400. The van der Waals surface area contributed by atoms with Crippen LogP contribution < -0.4 is 10.6 Å². The maximum Gasteiger partial charge on any atom is 0.325 e. The number of amides is 4. The largest absolute Gasteiger partial charge is 0.348 e. The predicted octanol–water partition coefficient (Wildman–Crippen LogP) is 3.67. The van der Waals surface area contributed by atoms with Gasteiger partial charge in [-0.05, 0) is 48.3 Å². The first kappa shape index (κ1) is 21.1. The predicted molar refractivity (Wildman–Crippen MR) is 118 cm³/mol. The van der Waals surface area contributed by atoms with Gasteiger partial charge in [-0.25, -0.2) is 4.79 Å². The highest BCUT2D eigenvalue weighted by Crippen LogP contribution is 2.35. The molecule has 1 aliphatic heterocycles. The van der Waals surface area contributed by atoms with Gasteiger partial charge in [0.1, 0.15) is 12.1 Å². The summed E-state index contributed by atoms with van der Waals surface area (Å²) in [7, 11) is 0. The Morgan fingerprint density at radius 1 is 1.13 bits per heavy atom. The van der Waals surface area contributed by atoms with Gasteiger partial charge in [-0.3, -0.25) is 14.5 Å². The van der Waals surface area contributed by atoms with Crippen LogP contribution in [0.1, 0.15) is 55.8 Å². The molecule has 6 heteroatoms. The Morgan fingerprint density at radius 3 is 2.58 bits per heavy atom. The lowest BCUT2D eigenvalue weighted by atomic mass is 9.82. The summed E-state index contributed by atoms with van der Waals surface area (Å²) in [6.07, 6.45) is 3.32. The second-order valence-electron chi connectivity index (χ2n) is 8.90. The van der Waals surface area contributed by atoms with Crippen molar-refractivity contribution in [2.75, 3.05) is 6.54 Å². The van der Waals surface area contributed by atoms with Gasteiger partial charge in [0.15, 0.2) is 0 Å². The summed E-state index contributed by atoms with van der Waals surface area (Å²) in [6, 6.07) is 16.8. The molecule has 1 fully saturated rings. The minimum absolute atomic E-state index is 0.0900. The Kier molecular flexibility index (Phi) is 5.81. The maximum atomic E-state index is 13.5. The number of hydrogen-bond donors (Lipinski definition) is 2. The summed E-state index contributed by atoms with van der Waals surface area (Å²) in [4.78, 5) is 40.2. The molecular weight excluding hydrogens is 390 g/mol. The first-order chi connectivity index (χ1) is 14.9. The van der Waals surface area contributed by atoms with Crippen molar-refractivity contribution in [2.24, 2.45) is 5.92 Å². The van der Waals surface area contributed by atoms with E-state index in [2.05, 4.69) is 16.7 Å². The first-order valence-corrected chi connectivity index (χ1v) is 11.0. The summed E-state index contributed by atoms with van der Waals surface area (Å²) in [5.74, 6) is -0.507. The average molecular weight is 420 g/mol. The van der Waals surface area contributed by atoms with Gasteiger partial charge in [-0.1, -0.05) is 68.4 Å². The monoisotopic (exact) mass is 419 g/mol. The third-order valence-electron chi connectivity index (χ3n) is 6.16. The molecule has 4 amide bonds. The van der Waals surface area contributed by atoms with Crippen molar-refractivity contribution in [1.29, 1.82) is 0 Å². The highest BCUT2D eigenvalue weighted by Gasteiger charge is 2.52. The van der Waals surface area contributed by atoms with Crippen molar-refractivity contribution in [3.05, 3.63) is 71.3 Å². The van der Waals surface area contributed by atoms with E-state index in [0.717, 1.165) is 35.3 Å². The summed E-state index contributed by atoms with van der Waals surface area (Å²) in [6.45, 7) is 3.75. The molecule has 1 saturated heterocycles. The third-order valence-corrected chi connectivity index (χ3v) is 6.16. The Morgan fingerprint density at radius 2 is 1.84 bits per heavy atom. The van der Waals surface area contributed by atoms with Gasteiger partial charge in [0, 0.05) is 0 Å². The molecule has 4 rings (SSSR count). The van der Waals surface area contributed by atoms with E-state index in [-0.39, 0.29) is 30.3 Å². The molecule has 1 aliphatic carbocycles. The summed E-state index contributed by atoms with van der Waals surface area (Å²) in [5, 5.41) is 5.94. The topological polar surface area (TPSA) is 78.5 Å². The lowest BCUT2D eigenvalue weighted by Gasteiger charge is -2.29. The molecule has 2 aromatic carbocycles. The van der Waals surface area contributed by atoms with Crippen LogP contribution in [0.25, 0.3) is 0 Å². The van der Waals surface area contributed by atoms with Crippen LogP contribution in [0.15, 0.2) is 54.6 Å². The fourth-order valence-electron chi connectivity index (χ4n) is 4.84. The Labute approximate surface area is 183 Å². The molecule has 6 nitrogen and oxygen atoms in total. The summed E-state index contributed by atoms with van der Waals surface area (Å²) in [5.41, 5.74) is 1.97. The third kappa shape index (κ3) is 4.07. The van der Waals surface area contributed by atoms with E-state index in [4.69, 9.17) is 0 Å². The van der Waals surface area contributed by atoms with Gasteiger partial charge < -0.3 is 10.6 Å². The molecule has 162 valence electrons. The minimum atomic E-state index is -1.13. The number of carbonyl (C=O) groups is 3. The second-order valence-corrected chi connectivity index (χ2v) is 8.90. The van der Waals surface area contributed by atoms with Gasteiger partial charge >= 0.3 is 6.03 Å². The number of carbonyl (C=O) groups excluding carboxylic acids is 3. The van der Waals surface area contributed by atoms with Gasteiger partial charge in [0.2, 0.25) is 5.91 Å². The highest BCUT2D eigenvalue weighted by molar-refractivity contribution is 6.09. The Balaban J connectivity index is 1.52. The molecule has 0 radical (unpaired) electrons. The van der Waals surface area contributed by atoms with Crippen LogP contribution in [0.5, 0.6) is 0 Å². The zero-order valence-corrected chi connectivity index (χ0v) is 18.1. The van der Waals surface area contributed by atoms with E-state index >= 15 is 0 Å². The van der Waals surface area contributed by atoms with Crippen molar-refractivity contribution in [3.8, 4) is 0 Å². The number of benzene rings is 2. The Hall–Kier alpha value is -3.15. The number of nitrogens with zero attached hydrogens (tertiary/aromatic N) is 1. The summed E-state index contributed by atoms with van der Waals surface area (Å²) < 4.78 is 0. The van der Waals surface area contributed by atoms with E-state index in [1.54, 1.807) is 0 Å². The maximum absolute atomic E-state index is 13.5. The molecular formula is C25H29N3O3. The van der Waals surface area contributed by atoms with Crippen LogP contribution in [0.2, 0.25) is 0 Å². The molecule has 2 unspecified atom stereocenters. The van der Waals surface area contributed by atoms with Crippen molar-refractivity contribution >= 4 is 17.8 Å². The second kappa shape index (κ2) is 8.53. The van der Waals surface area contributed by atoms with E-state index in [1.807, 2.05) is 62.4 Å². The van der Waals surface area contributed by atoms with Gasteiger partial charge in [0.05, 0.1) is 6.04 Å². The van der Waals surface area contributed by atoms with Gasteiger partial charge in [-0.15, -0.1) is 0 Å². The minimum Gasteiger partial charge on any atom is -0.348 e. The molecule has 2 aromatic rings. The smallest absolute Gasteiger partial charge is 0.325 e. The molecule has 0 aromatic heterocycles. The number of hydrogen-bond acceptors (Lipinski definition) is 3. The average Bonchev–Trinajstić information content (AvgIpc) is 2.99. The van der Waals surface area contributed by atoms with Crippen molar-refractivity contribution in [3.63, 3.8) is 0 Å². The molecule has 1 heterocycles. The van der Waals surface area contributed by atoms with E-state index in [0.29, 0.717) is 6.42 Å². The van der Waals surface area contributed by atoms with E-state index in [1.165, 1.54) is 5.56 Å². The number of nitrogens with one attached hydrogen (secondary N) is 2. The number of imide groups is 1. The molecule has 0 bridgehead atoms. The molecule has 31 heavy (non-hydrogen) atoms. The molecule has 0 spiro atoms.